The molecule has 0 aromatic heterocycles. The van der Waals surface area contributed by atoms with Crippen molar-refractivity contribution in [3.63, 3.8) is 0 Å². The molecular formula is C9H2Cl4N2O2. The highest BCUT2D eigenvalue weighted by molar-refractivity contribution is 6.67. The Morgan fingerprint density at radius 2 is 1.65 bits per heavy atom. The van der Waals surface area contributed by atoms with Crippen LogP contribution in [0.3, 0.4) is 0 Å². The van der Waals surface area contributed by atoms with Crippen LogP contribution in [0.5, 0.6) is 0 Å². The van der Waals surface area contributed by atoms with E-state index in [1.807, 2.05) is 0 Å². The van der Waals surface area contributed by atoms with Gasteiger partial charge in [0.1, 0.15) is 0 Å². The Hall–Kier alpha value is -0.860. The van der Waals surface area contributed by atoms with E-state index in [0.717, 1.165) is 0 Å². The quantitative estimate of drug-likeness (QED) is 0.469. The van der Waals surface area contributed by atoms with Crippen LogP contribution in [0.15, 0.2) is 22.1 Å². The zero-order valence-electron chi connectivity index (χ0n) is 7.88. The van der Waals surface area contributed by atoms with Crippen LogP contribution in [0.2, 0.25) is 5.02 Å². The molecule has 1 aromatic rings. The standard InChI is InChI=1S/C9H2Cl4N2O2/c10-6-1-5(14-3-16)2-7(15-4-17)8(6)9(11,12)13/h1-2H. The van der Waals surface area contributed by atoms with Gasteiger partial charge in [0.15, 0.2) is 0 Å². The maximum absolute atomic E-state index is 10.3. The molecular weight excluding hydrogens is 310 g/mol. The Labute approximate surface area is 116 Å². The van der Waals surface area contributed by atoms with Gasteiger partial charge in [-0.3, -0.25) is 0 Å². The van der Waals surface area contributed by atoms with E-state index in [4.69, 9.17) is 46.4 Å². The first-order chi connectivity index (χ1) is 7.90. The number of nitrogens with zero attached hydrogens (tertiary/aromatic N) is 2. The summed E-state index contributed by atoms with van der Waals surface area (Å²) in [4.78, 5) is 27.0. The molecule has 8 heteroatoms. The van der Waals surface area contributed by atoms with Gasteiger partial charge in [-0.2, -0.15) is 9.98 Å². The molecule has 0 unspecified atom stereocenters. The maximum Gasteiger partial charge on any atom is 0.240 e. The summed E-state index contributed by atoms with van der Waals surface area (Å²) in [7, 11) is 0. The van der Waals surface area contributed by atoms with Crippen LogP contribution < -0.4 is 0 Å². The third kappa shape index (κ3) is 3.55. The predicted molar refractivity (Wildman–Crippen MR) is 66.3 cm³/mol. The molecule has 0 aliphatic carbocycles. The lowest BCUT2D eigenvalue weighted by molar-refractivity contribution is 0.565. The van der Waals surface area contributed by atoms with E-state index in [9.17, 15) is 9.59 Å². The van der Waals surface area contributed by atoms with Gasteiger partial charge in [0, 0.05) is 5.56 Å². The van der Waals surface area contributed by atoms with Gasteiger partial charge in [-0.05, 0) is 12.1 Å². The van der Waals surface area contributed by atoms with Crippen molar-refractivity contribution in [1.29, 1.82) is 0 Å². The van der Waals surface area contributed by atoms with Gasteiger partial charge in [-0.15, -0.1) is 0 Å². The molecule has 1 aromatic carbocycles. The largest absolute Gasteiger partial charge is 0.240 e. The first kappa shape index (κ1) is 14.2. The summed E-state index contributed by atoms with van der Waals surface area (Å²) < 4.78 is -1.86. The highest BCUT2D eigenvalue weighted by atomic mass is 35.6. The van der Waals surface area contributed by atoms with Crippen LogP contribution in [0.1, 0.15) is 5.56 Å². The topological polar surface area (TPSA) is 58.9 Å². The van der Waals surface area contributed by atoms with E-state index in [2.05, 4.69) is 9.98 Å². The van der Waals surface area contributed by atoms with Crippen LogP contribution in [0, 0.1) is 0 Å². The highest BCUT2D eigenvalue weighted by Crippen LogP contribution is 2.47. The van der Waals surface area contributed by atoms with Crippen LogP contribution >= 0.6 is 46.4 Å². The number of isocyanates is 2. The number of halogens is 4. The van der Waals surface area contributed by atoms with Crippen molar-refractivity contribution in [2.75, 3.05) is 0 Å². The lowest BCUT2D eigenvalue weighted by Gasteiger charge is -2.15. The molecule has 0 saturated carbocycles. The first-order valence-electron chi connectivity index (χ1n) is 3.96. The van der Waals surface area contributed by atoms with Gasteiger partial charge in [-0.25, -0.2) is 9.59 Å². The maximum atomic E-state index is 10.3. The van der Waals surface area contributed by atoms with Gasteiger partial charge >= 0.3 is 0 Å². The minimum absolute atomic E-state index is 0.00972. The van der Waals surface area contributed by atoms with Crippen molar-refractivity contribution in [2.45, 2.75) is 3.79 Å². The van der Waals surface area contributed by atoms with Crippen molar-refractivity contribution in [3.05, 3.63) is 22.7 Å². The Morgan fingerprint density at radius 3 is 2.12 bits per heavy atom. The van der Waals surface area contributed by atoms with Crippen LogP contribution in [-0.4, -0.2) is 12.2 Å². The lowest BCUT2D eigenvalue weighted by Crippen LogP contribution is -2.01. The number of hydrogen-bond donors (Lipinski definition) is 0. The summed E-state index contributed by atoms with van der Waals surface area (Å²) in [6.07, 6.45) is 2.61. The fraction of sp³-hybridized carbons (Fsp3) is 0.111. The number of benzene rings is 1. The predicted octanol–water partition coefficient (Wildman–Crippen LogP) is 4.10. The Bertz CT molecular complexity index is 541. The van der Waals surface area contributed by atoms with Gasteiger partial charge in [0.25, 0.3) is 0 Å². The summed E-state index contributed by atoms with van der Waals surface area (Å²) in [5, 5.41) is 0.00972. The normalized spacial score (nSPS) is 10.4. The van der Waals surface area contributed by atoms with E-state index in [0.29, 0.717) is 0 Å². The average molecular weight is 312 g/mol. The Morgan fingerprint density at radius 1 is 1.06 bits per heavy atom. The molecule has 4 nitrogen and oxygen atoms in total. The number of alkyl halides is 3. The van der Waals surface area contributed by atoms with Crippen LogP contribution in [0.25, 0.3) is 0 Å². The van der Waals surface area contributed by atoms with Gasteiger partial charge in [0.05, 0.1) is 16.4 Å². The van der Waals surface area contributed by atoms with Gasteiger partial charge in [-0.1, -0.05) is 46.4 Å². The molecule has 88 valence electrons. The fourth-order valence-corrected chi connectivity index (χ4v) is 2.20. The molecule has 0 aliphatic rings. The van der Waals surface area contributed by atoms with Crippen LogP contribution in [-0.2, 0) is 13.4 Å². The molecule has 17 heavy (non-hydrogen) atoms. The minimum atomic E-state index is -1.86. The summed E-state index contributed by atoms with van der Waals surface area (Å²) in [6.45, 7) is 0. The van der Waals surface area contributed by atoms with Crippen molar-refractivity contribution in [2.24, 2.45) is 9.98 Å². The second kappa shape index (κ2) is 5.65. The minimum Gasteiger partial charge on any atom is -0.211 e. The average Bonchev–Trinajstić information content (AvgIpc) is 2.15. The molecule has 0 bridgehead atoms. The number of hydrogen-bond acceptors (Lipinski definition) is 4. The zero-order valence-corrected chi connectivity index (χ0v) is 10.9. The molecule has 0 aliphatic heterocycles. The van der Waals surface area contributed by atoms with Crippen molar-refractivity contribution in [1.82, 2.24) is 0 Å². The summed E-state index contributed by atoms with van der Waals surface area (Å²) in [6, 6.07) is 2.53. The van der Waals surface area contributed by atoms with E-state index < -0.39 is 3.79 Å². The fourth-order valence-electron chi connectivity index (χ4n) is 1.11. The molecule has 0 heterocycles. The van der Waals surface area contributed by atoms with Crippen molar-refractivity contribution in [3.8, 4) is 0 Å². The van der Waals surface area contributed by atoms with E-state index in [1.54, 1.807) is 0 Å². The number of carbonyl (C=O) groups excluding carboxylic acids is 2. The molecule has 0 amide bonds. The number of aliphatic imine (C=N–C) groups is 2. The van der Waals surface area contributed by atoms with Crippen molar-refractivity contribution < 1.29 is 9.59 Å². The van der Waals surface area contributed by atoms with Gasteiger partial charge < -0.3 is 0 Å². The molecule has 0 saturated heterocycles. The van der Waals surface area contributed by atoms with E-state index in [1.165, 1.54) is 24.3 Å². The molecule has 0 atom stereocenters. The van der Waals surface area contributed by atoms with Gasteiger partial charge in [0.2, 0.25) is 16.0 Å². The third-order valence-electron chi connectivity index (χ3n) is 1.68. The van der Waals surface area contributed by atoms with E-state index in [-0.39, 0.29) is 22.0 Å². The number of rotatable bonds is 2. The third-order valence-corrected chi connectivity index (χ3v) is 2.54. The molecule has 0 spiro atoms. The molecule has 0 fully saturated rings. The summed E-state index contributed by atoms with van der Waals surface area (Å²) >= 11 is 22.9. The molecule has 0 N–H and O–H groups in total. The zero-order chi connectivity index (χ0) is 13.1. The lowest BCUT2D eigenvalue weighted by atomic mass is 10.2. The molecule has 1 rings (SSSR count). The Kier molecular flexibility index (Phi) is 4.72. The van der Waals surface area contributed by atoms with Crippen molar-refractivity contribution >= 4 is 69.9 Å². The van der Waals surface area contributed by atoms with E-state index >= 15 is 0 Å². The second-order valence-corrected chi connectivity index (χ2v) is 5.41. The summed E-state index contributed by atoms with van der Waals surface area (Å²) in [5.41, 5.74) is 0.121. The smallest absolute Gasteiger partial charge is 0.211 e. The molecule has 0 radical (unpaired) electrons. The SMILES string of the molecule is O=C=Nc1cc(Cl)c(C(Cl)(Cl)Cl)c(N=C=O)c1. The highest BCUT2D eigenvalue weighted by Gasteiger charge is 2.30. The second-order valence-electron chi connectivity index (χ2n) is 2.73. The first-order valence-corrected chi connectivity index (χ1v) is 5.48. The Balaban J connectivity index is 3.60. The summed E-state index contributed by atoms with van der Waals surface area (Å²) in [5.74, 6) is 0. The monoisotopic (exact) mass is 310 g/mol. The van der Waals surface area contributed by atoms with Crippen LogP contribution in [0.4, 0.5) is 11.4 Å².